The van der Waals surface area contributed by atoms with E-state index in [1.165, 1.54) is 0 Å². The molecular formula is C44H28N6. The topological polar surface area (TPSA) is 61.4 Å². The van der Waals surface area contributed by atoms with E-state index in [0.29, 0.717) is 0 Å². The predicted octanol–water partition coefficient (Wildman–Crippen LogP) is 10.5. The highest BCUT2D eigenvalue weighted by Crippen LogP contribution is 2.36. The van der Waals surface area contributed by atoms with Gasteiger partial charge in [-0.1, -0.05) is 66.7 Å². The summed E-state index contributed by atoms with van der Waals surface area (Å²) in [5.41, 5.74) is 14.2. The fourth-order valence-electron chi connectivity index (χ4n) is 7.24. The standard InChI is InChI=1S/C44H28N6/c1-3-18-39-34(15-1)43-41(20-9-23-46-43)49(39)32-13-7-11-29(25-32)31-27-37(48-38(28-31)36-17-5-6-22-45-36)30-12-8-14-33(26-30)50-40-19-4-2-16-35(40)44-42(50)21-10-24-47-44/h1-28H. The van der Waals surface area contributed by atoms with Gasteiger partial charge in [-0.15, -0.1) is 0 Å². The van der Waals surface area contributed by atoms with Gasteiger partial charge in [0, 0.05) is 46.3 Å². The van der Waals surface area contributed by atoms with Gasteiger partial charge in [-0.2, -0.15) is 0 Å². The van der Waals surface area contributed by atoms with Crippen LogP contribution >= 0.6 is 0 Å². The van der Waals surface area contributed by atoms with Gasteiger partial charge in [0.2, 0.25) is 0 Å². The number of hydrogen-bond acceptors (Lipinski definition) is 4. The van der Waals surface area contributed by atoms with E-state index >= 15 is 0 Å². The second-order valence-electron chi connectivity index (χ2n) is 12.4. The van der Waals surface area contributed by atoms with E-state index < -0.39 is 0 Å². The van der Waals surface area contributed by atoms with Crippen LogP contribution in [-0.2, 0) is 0 Å². The van der Waals surface area contributed by atoms with Crippen LogP contribution in [0.15, 0.2) is 170 Å². The van der Waals surface area contributed by atoms with Gasteiger partial charge in [-0.3, -0.25) is 15.0 Å². The number of fused-ring (bicyclic) bond motifs is 6. The molecule has 6 heterocycles. The highest BCUT2D eigenvalue weighted by Gasteiger charge is 2.16. The van der Waals surface area contributed by atoms with Gasteiger partial charge in [-0.05, 0) is 96.1 Å². The number of hydrogen-bond donors (Lipinski definition) is 0. The summed E-state index contributed by atoms with van der Waals surface area (Å²) in [5.74, 6) is 0. The molecule has 0 N–H and O–H groups in total. The summed E-state index contributed by atoms with van der Waals surface area (Å²) in [6.07, 6.45) is 5.54. The molecule has 6 heteroatoms. The molecular weight excluding hydrogens is 613 g/mol. The zero-order valence-corrected chi connectivity index (χ0v) is 26.8. The molecule has 0 aliphatic rings. The SMILES string of the molecule is c1ccc(-c2cc(-c3cccc(-n4c5ccccc5c5ncccc54)c3)cc(-c3cccc(-n4c5ccccc5c5ncccc54)c3)n2)nc1. The number of nitrogens with zero attached hydrogens (tertiary/aromatic N) is 6. The molecule has 0 aliphatic heterocycles. The third-order valence-electron chi connectivity index (χ3n) is 9.45. The summed E-state index contributed by atoms with van der Waals surface area (Å²) < 4.78 is 4.59. The monoisotopic (exact) mass is 640 g/mol. The van der Waals surface area contributed by atoms with E-state index in [1.807, 2.05) is 48.9 Å². The average Bonchev–Trinajstić information content (AvgIpc) is 3.71. The third kappa shape index (κ3) is 4.50. The number of rotatable bonds is 5. The van der Waals surface area contributed by atoms with Crippen molar-refractivity contribution in [2.24, 2.45) is 0 Å². The molecule has 6 aromatic heterocycles. The maximum atomic E-state index is 5.20. The Labute approximate surface area is 287 Å². The molecule has 10 rings (SSSR count). The highest BCUT2D eigenvalue weighted by atomic mass is 15.0. The van der Waals surface area contributed by atoms with Crippen LogP contribution in [0.4, 0.5) is 0 Å². The van der Waals surface area contributed by atoms with Gasteiger partial charge < -0.3 is 9.13 Å². The lowest BCUT2D eigenvalue weighted by atomic mass is 10.0. The summed E-state index contributed by atoms with van der Waals surface area (Å²) in [4.78, 5) is 19.4. The van der Waals surface area contributed by atoms with Gasteiger partial charge in [0.05, 0.1) is 50.2 Å². The lowest BCUT2D eigenvalue weighted by Crippen LogP contribution is -1.97. The van der Waals surface area contributed by atoms with Crippen molar-refractivity contribution in [2.45, 2.75) is 0 Å². The fourth-order valence-corrected chi connectivity index (χ4v) is 7.24. The van der Waals surface area contributed by atoms with Crippen LogP contribution in [0.2, 0.25) is 0 Å². The predicted molar refractivity (Wildman–Crippen MR) is 203 cm³/mol. The zero-order valence-electron chi connectivity index (χ0n) is 26.8. The summed E-state index contributed by atoms with van der Waals surface area (Å²) in [6, 6.07) is 52.7. The van der Waals surface area contributed by atoms with Crippen molar-refractivity contribution in [3.05, 3.63) is 170 Å². The molecule has 50 heavy (non-hydrogen) atoms. The first-order valence-electron chi connectivity index (χ1n) is 16.6. The van der Waals surface area contributed by atoms with Crippen molar-refractivity contribution >= 4 is 43.9 Å². The first-order valence-corrected chi connectivity index (χ1v) is 16.6. The molecule has 0 unspecified atom stereocenters. The van der Waals surface area contributed by atoms with Crippen molar-refractivity contribution in [2.75, 3.05) is 0 Å². The molecule has 234 valence electrons. The quantitative estimate of drug-likeness (QED) is 0.188. The maximum Gasteiger partial charge on any atom is 0.0963 e. The van der Waals surface area contributed by atoms with Gasteiger partial charge in [-0.25, -0.2) is 4.98 Å². The van der Waals surface area contributed by atoms with Gasteiger partial charge in [0.15, 0.2) is 0 Å². The van der Waals surface area contributed by atoms with Crippen LogP contribution in [0.25, 0.3) is 89.0 Å². The van der Waals surface area contributed by atoms with Crippen molar-refractivity contribution in [1.82, 2.24) is 29.1 Å². The molecule has 0 amide bonds. The normalized spacial score (nSPS) is 11.6. The molecule has 0 spiro atoms. The summed E-state index contributed by atoms with van der Waals surface area (Å²) >= 11 is 0. The fraction of sp³-hybridized carbons (Fsp3) is 0. The molecule has 0 atom stereocenters. The van der Waals surface area contributed by atoms with E-state index in [2.05, 4.69) is 135 Å². The Balaban J connectivity index is 1.15. The molecule has 10 aromatic rings. The minimum atomic E-state index is 0.816. The second-order valence-corrected chi connectivity index (χ2v) is 12.4. The molecule has 0 saturated heterocycles. The Hall–Kier alpha value is -6.92. The van der Waals surface area contributed by atoms with Gasteiger partial charge in [0.25, 0.3) is 0 Å². The van der Waals surface area contributed by atoms with Crippen LogP contribution in [0.1, 0.15) is 0 Å². The van der Waals surface area contributed by atoms with E-state index in [-0.39, 0.29) is 0 Å². The number of aromatic nitrogens is 6. The first kappa shape index (κ1) is 28.1. The molecule has 0 saturated carbocycles. The van der Waals surface area contributed by atoms with Crippen molar-refractivity contribution in [3.63, 3.8) is 0 Å². The lowest BCUT2D eigenvalue weighted by Gasteiger charge is -2.14. The largest absolute Gasteiger partial charge is 0.308 e. The zero-order chi connectivity index (χ0) is 33.0. The third-order valence-corrected chi connectivity index (χ3v) is 9.45. The molecule has 4 aromatic carbocycles. The highest BCUT2D eigenvalue weighted by molar-refractivity contribution is 6.08. The van der Waals surface area contributed by atoms with E-state index in [4.69, 9.17) is 15.0 Å². The molecule has 0 radical (unpaired) electrons. The van der Waals surface area contributed by atoms with Crippen LogP contribution in [0.5, 0.6) is 0 Å². The van der Waals surface area contributed by atoms with E-state index in [0.717, 1.165) is 89.0 Å². The maximum absolute atomic E-state index is 5.20. The average molecular weight is 641 g/mol. The first-order chi connectivity index (χ1) is 24.8. The molecule has 0 fully saturated rings. The van der Waals surface area contributed by atoms with Crippen molar-refractivity contribution in [3.8, 4) is 45.1 Å². The smallest absolute Gasteiger partial charge is 0.0963 e. The van der Waals surface area contributed by atoms with Crippen LogP contribution in [0, 0.1) is 0 Å². The Bertz CT molecular complexity index is 2600. The number of pyridine rings is 4. The summed E-state index contributed by atoms with van der Waals surface area (Å²) in [5, 5.41) is 2.26. The Morgan fingerprint density at radius 1 is 0.340 bits per heavy atom. The van der Waals surface area contributed by atoms with E-state index in [1.54, 1.807) is 0 Å². The summed E-state index contributed by atoms with van der Waals surface area (Å²) in [7, 11) is 0. The van der Waals surface area contributed by atoms with Gasteiger partial charge in [0.1, 0.15) is 0 Å². The van der Waals surface area contributed by atoms with Crippen LogP contribution < -0.4 is 0 Å². The van der Waals surface area contributed by atoms with Crippen molar-refractivity contribution in [1.29, 1.82) is 0 Å². The van der Waals surface area contributed by atoms with Crippen LogP contribution in [-0.4, -0.2) is 29.1 Å². The van der Waals surface area contributed by atoms with Crippen molar-refractivity contribution < 1.29 is 0 Å². The lowest BCUT2D eigenvalue weighted by molar-refractivity contribution is 1.17. The number of para-hydroxylation sites is 2. The minimum absolute atomic E-state index is 0.816. The molecule has 0 bridgehead atoms. The second kappa shape index (κ2) is 11.4. The molecule has 6 nitrogen and oxygen atoms in total. The Morgan fingerprint density at radius 2 is 0.880 bits per heavy atom. The Kier molecular flexibility index (Phi) is 6.39. The van der Waals surface area contributed by atoms with E-state index in [9.17, 15) is 0 Å². The molecule has 0 aliphatic carbocycles. The number of benzene rings is 4. The summed E-state index contributed by atoms with van der Waals surface area (Å²) in [6.45, 7) is 0. The van der Waals surface area contributed by atoms with Gasteiger partial charge >= 0.3 is 0 Å². The minimum Gasteiger partial charge on any atom is -0.308 e. The van der Waals surface area contributed by atoms with Crippen LogP contribution in [0.3, 0.4) is 0 Å². The Morgan fingerprint density at radius 3 is 1.52 bits per heavy atom.